The standard InChI is InChI=1S/C13H18N6S/c1-3-6-14-11-8-12(18-13(17-11)20-2)15-9-10-5-4-7-16-19-10/h4-5,7-8H,3,6,9H2,1-2H3,(H2,14,15,17,18). The molecule has 0 aliphatic carbocycles. The van der Waals surface area contributed by atoms with Gasteiger partial charge in [0.15, 0.2) is 5.16 Å². The molecule has 0 saturated carbocycles. The highest BCUT2D eigenvalue weighted by molar-refractivity contribution is 7.98. The summed E-state index contributed by atoms with van der Waals surface area (Å²) in [6.07, 6.45) is 4.68. The fourth-order valence-electron chi connectivity index (χ4n) is 1.56. The Balaban J connectivity index is 2.06. The van der Waals surface area contributed by atoms with Crippen LogP contribution in [0.25, 0.3) is 0 Å². The minimum Gasteiger partial charge on any atom is -0.370 e. The lowest BCUT2D eigenvalue weighted by Crippen LogP contribution is -2.08. The molecule has 0 amide bonds. The Hall–Kier alpha value is -1.89. The van der Waals surface area contributed by atoms with Crippen molar-refractivity contribution in [1.82, 2.24) is 20.2 Å². The summed E-state index contributed by atoms with van der Waals surface area (Å²) >= 11 is 1.52. The molecule has 2 aromatic rings. The molecular formula is C13H18N6S. The van der Waals surface area contributed by atoms with E-state index in [4.69, 9.17) is 0 Å². The van der Waals surface area contributed by atoms with Gasteiger partial charge in [0, 0.05) is 18.8 Å². The quantitative estimate of drug-likeness (QED) is 0.599. The van der Waals surface area contributed by atoms with Gasteiger partial charge in [-0.1, -0.05) is 18.7 Å². The molecule has 2 heterocycles. The third-order valence-corrected chi connectivity index (χ3v) is 3.07. The van der Waals surface area contributed by atoms with Crippen LogP contribution >= 0.6 is 11.8 Å². The zero-order valence-corrected chi connectivity index (χ0v) is 12.4. The van der Waals surface area contributed by atoms with E-state index in [0.29, 0.717) is 6.54 Å². The van der Waals surface area contributed by atoms with Crippen LogP contribution in [-0.4, -0.2) is 33.0 Å². The molecule has 20 heavy (non-hydrogen) atoms. The van der Waals surface area contributed by atoms with Crippen LogP contribution in [0.3, 0.4) is 0 Å². The Bertz CT molecular complexity index is 534. The highest BCUT2D eigenvalue weighted by atomic mass is 32.2. The molecule has 0 aliphatic heterocycles. The predicted molar refractivity (Wildman–Crippen MR) is 82.0 cm³/mol. The van der Waals surface area contributed by atoms with Crippen LogP contribution in [0.5, 0.6) is 0 Å². The maximum Gasteiger partial charge on any atom is 0.191 e. The Labute approximate surface area is 122 Å². The molecule has 0 atom stereocenters. The third kappa shape index (κ3) is 4.34. The first-order chi connectivity index (χ1) is 9.81. The molecule has 0 bridgehead atoms. The molecule has 7 heteroatoms. The normalized spacial score (nSPS) is 10.3. The average Bonchev–Trinajstić information content (AvgIpc) is 2.51. The maximum absolute atomic E-state index is 4.43. The lowest BCUT2D eigenvalue weighted by Gasteiger charge is -2.09. The Morgan fingerprint density at radius 1 is 1.20 bits per heavy atom. The maximum atomic E-state index is 4.43. The highest BCUT2D eigenvalue weighted by Gasteiger charge is 2.04. The fourth-order valence-corrected chi connectivity index (χ4v) is 1.94. The van der Waals surface area contributed by atoms with E-state index in [1.54, 1.807) is 6.20 Å². The van der Waals surface area contributed by atoms with E-state index >= 15 is 0 Å². The van der Waals surface area contributed by atoms with Crippen LogP contribution in [-0.2, 0) is 6.54 Å². The van der Waals surface area contributed by atoms with Gasteiger partial charge in [-0.05, 0) is 24.8 Å². The summed E-state index contributed by atoms with van der Waals surface area (Å²) in [6.45, 7) is 3.61. The van der Waals surface area contributed by atoms with E-state index in [0.717, 1.165) is 35.5 Å². The van der Waals surface area contributed by atoms with E-state index in [2.05, 4.69) is 37.7 Å². The second-order valence-electron chi connectivity index (χ2n) is 4.12. The largest absolute Gasteiger partial charge is 0.370 e. The molecule has 6 nitrogen and oxygen atoms in total. The van der Waals surface area contributed by atoms with Crippen molar-refractivity contribution in [3.8, 4) is 0 Å². The number of nitrogens with zero attached hydrogens (tertiary/aromatic N) is 4. The van der Waals surface area contributed by atoms with Crippen molar-refractivity contribution in [3.63, 3.8) is 0 Å². The SMILES string of the molecule is CCCNc1cc(NCc2cccnn2)nc(SC)n1. The van der Waals surface area contributed by atoms with Crippen LogP contribution in [0.2, 0.25) is 0 Å². The number of hydrogen-bond donors (Lipinski definition) is 2. The summed E-state index contributed by atoms with van der Waals surface area (Å²) in [5.41, 5.74) is 0.875. The molecule has 2 rings (SSSR count). The van der Waals surface area contributed by atoms with Gasteiger partial charge in [-0.2, -0.15) is 10.2 Å². The van der Waals surface area contributed by atoms with E-state index < -0.39 is 0 Å². The molecule has 0 fully saturated rings. The van der Waals surface area contributed by atoms with Crippen LogP contribution in [0.1, 0.15) is 19.0 Å². The van der Waals surface area contributed by atoms with Crippen LogP contribution in [0.4, 0.5) is 11.6 Å². The second-order valence-corrected chi connectivity index (χ2v) is 4.89. The van der Waals surface area contributed by atoms with Crippen LogP contribution < -0.4 is 10.6 Å². The van der Waals surface area contributed by atoms with Gasteiger partial charge in [0.05, 0.1) is 12.2 Å². The average molecular weight is 290 g/mol. The molecule has 2 aromatic heterocycles. The van der Waals surface area contributed by atoms with Crippen LogP contribution in [0, 0.1) is 0 Å². The smallest absolute Gasteiger partial charge is 0.191 e. The summed E-state index contributed by atoms with van der Waals surface area (Å²) in [5.74, 6) is 1.63. The summed E-state index contributed by atoms with van der Waals surface area (Å²) < 4.78 is 0. The van der Waals surface area contributed by atoms with E-state index in [-0.39, 0.29) is 0 Å². The van der Waals surface area contributed by atoms with Gasteiger partial charge in [0.25, 0.3) is 0 Å². The Morgan fingerprint density at radius 3 is 2.65 bits per heavy atom. The molecule has 0 saturated heterocycles. The molecule has 0 spiro atoms. The minimum atomic E-state index is 0.589. The molecule has 0 unspecified atom stereocenters. The van der Waals surface area contributed by atoms with E-state index in [9.17, 15) is 0 Å². The number of nitrogens with one attached hydrogen (secondary N) is 2. The van der Waals surface area contributed by atoms with Gasteiger partial charge in [0.2, 0.25) is 0 Å². The van der Waals surface area contributed by atoms with Crippen LogP contribution in [0.15, 0.2) is 29.6 Å². The van der Waals surface area contributed by atoms with Gasteiger partial charge >= 0.3 is 0 Å². The predicted octanol–water partition coefficient (Wildman–Crippen LogP) is 2.42. The Morgan fingerprint density at radius 2 is 2.00 bits per heavy atom. The lowest BCUT2D eigenvalue weighted by atomic mass is 10.4. The fraction of sp³-hybridized carbons (Fsp3) is 0.385. The van der Waals surface area contributed by atoms with E-state index in [1.165, 1.54) is 11.8 Å². The van der Waals surface area contributed by atoms with Crippen molar-refractivity contribution in [2.45, 2.75) is 25.0 Å². The molecular weight excluding hydrogens is 272 g/mol. The van der Waals surface area contributed by atoms with Crippen molar-refractivity contribution < 1.29 is 0 Å². The van der Waals surface area contributed by atoms with Crippen molar-refractivity contribution >= 4 is 23.4 Å². The minimum absolute atomic E-state index is 0.589. The lowest BCUT2D eigenvalue weighted by molar-refractivity contribution is 0.898. The van der Waals surface area contributed by atoms with Gasteiger partial charge in [-0.15, -0.1) is 0 Å². The highest BCUT2D eigenvalue weighted by Crippen LogP contribution is 2.17. The third-order valence-electron chi connectivity index (χ3n) is 2.52. The molecule has 106 valence electrons. The number of anilines is 2. The summed E-state index contributed by atoms with van der Waals surface area (Å²) in [5, 5.41) is 15.1. The Kier molecular flexibility index (Phi) is 5.55. The summed E-state index contributed by atoms with van der Waals surface area (Å²) in [4.78, 5) is 8.84. The summed E-state index contributed by atoms with van der Waals surface area (Å²) in [6, 6.07) is 5.70. The van der Waals surface area contributed by atoms with Crippen molar-refractivity contribution in [2.24, 2.45) is 0 Å². The van der Waals surface area contributed by atoms with Crippen molar-refractivity contribution in [1.29, 1.82) is 0 Å². The van der Waals surface area contributed by atoms with Gasteiger partial charge < -0.3 is 10.6 Å². The number of aromatic nitrogens is 4. The van der Waals surface area contributed by atoms with Crippen molar-refractivity contribution in [2.75, 3.05) is 23.4 Å². The number of hydrogen-bond acceptors (Lipinski definition) is 7. The summed E-state index contributed by atoms with van der Waals surface area (Å²) in [7, 11) is 0. The number of rotatable bonds is 7. The van der Waals surface area contributed by atoms with Gasteiger partial charge in [-0.25, -0.2) is 9.97 Å². The number of thioether (sulfide) groups is 1. The first-order valence-electron chi connectivity index (χ1n) is 6.49. The van der Waals surface area contributed by atoms with E-state index in [1.807, 2.05) is 24.5 Å². The van der Waals surface area contributed by atoms with Gasteiger partial charge in [0.1, 0.15) is 11.6 Å². The van der Waals surface area contributed by atoms with Crippen molar-refractivity contribution in [3.05, 3.63) is 30.1 Å². The second kappa shape index (κ2) is 7.64. The molecule has 2 N–H and O–H groups in total. The van der Waals surface area contributed by atoms with Gasteiger partial charge in [-0.3, -0.25) is 0 Å². The molecule has 0 aromatic carbocycles. The molecule has 0 radical (unpaired) electrons. The first-order valence-corrected chi connectivity index (χ1v) is 7.71. The zero-order valence-electron chi connectivity index (χ0n) is 11.6. The zero-order chi connectivity index (χ0) is 14.2. The molecule has 0 aliphatic rings. The topological polar surface area (TPSA) is 75.6 Å². The first kappa shape index (κ1) is 14.5. The monoisotopic (exact) mass is 290 g/mol.